The summed E-state index contributed by atoms with van der Waals surface area (Å²) in [6.45, 7) is 13.5. The van der Waals surface area contributed by atoms with Crippen LogP contribution < -0.4 is 0 Å². The van der Waals surface area contributed by atoms with Crippen LogP contribution in [0.2, 0.25) is 0 Å². The molecule has 0 radical (unpaired) electrons. The lowest BCUT2D eigenvalue weighted by molar-refractivity contribution is 0.101. The summed E-state index contributed by atoms with van der Waals surface area (Å²) in [5, 5.41) is 11.3. The van der Waals surface area contributed by atoms with E-state index in [1.54, 1.807) is 13.0 Å². The van der Waals surface area contributed by atoms with E-state index in [4.69, 9.17) is 0 Å². The van der Waals surface area contributed by atoms with Gasteiger partial charge in [0.2, 0.25) is 0 Å². The molecule has 1 aromatic carbocycles. The van der Waals surface area contributed by atoms with Gasteiger partial charge in [0.15, 0.2) is 0 Å². The average molecular weight is 315 g/mol. The van der Waals surface area contributed by atoms with E-state index in [0.717, 1.165) is 16.0 Å². The normalized spacial score (nSPS) is 13.8. The van der Waals surface area contributed by atoms with Crippen molar-refractivity contribution in [3.63, 3.8) is 0 Å². The number of aromatic nitrogens is 1. The number of rotatable bonds is 4. The molecule has 0 spiro atoms. The van der Waals surface area contributed by atoms with Gasteiger partial charge in [0.25, 0.3) is 0 Å². The SMILES string of the molecule is C=C/C(=C\C)C(C)(O)c1ncc(-c2ccc(C)cc2)s1.CC. The van der Waals surface area contributed by atoms with Gasteiger partial charge in [-0.2, -0.15) is 0 Å². The maximum absolute atomic E-state index is 10.7. The number of benzene rings is 1. The minimum atomic E-state index is -1.09. The van der Waals surface area contributed by atoms with E-state index < -0.39 is 5.60 Å². The zero-order valence-electron chi connectivity index (χ0n) is 14.1. The van der Waals surface area contributed by atoms with Gasteiger partial charge in [0.05, 0.1) is 4.88 Å². The van der Waals surface area contributed by atoms with Gasteiger partial charge in [-0.05, 0) is 31.9 Å². The minimum absolute atomic E-state index is 0.682. The first kappa shape index (κ1) is 18.3. The Morgan fingerprint density at radius 1 is 1.27 bits per heavy atom. The molecule has 0 amide bonds. The fourth-order valence-electron chi connectivity index (χ4n) is 2.07. The molecule has 1 N–H and O–H groups in total. The summed E-state index contributed by atoms with van der Waals surface area (Å²) in [7, 11) is 0. The molecule has 0 bridgehead atoms. The molecule has 1 unspecified atom stereocenters. The third-order valence-corrected chi connectivity index (χ3v) is 4.61. The number of thiazole rings is 1. The first-order valence-corrected chi connectivity index (χ1v) is 8.35. The Hall–Kier alpha value is -1.71. The second kappa shape index (κ2) is 8.06. The van der Waals surface area contributed by atoms with E-state index in [1.807, 2.05) is 33.0 Å². The lowest BCUT2D eigenvalue weighted by Crippen LogP contribution is -2.22. The lowest BCUT2D eigenvalue weighted by atomic mass is 9.96. The second-order valence-electron chi connectivity index (χ2n) is 4.92. The first-order valence-electron chi connectivity index (χ1n) is 7.54. The van der Waals surface area contributed by atoms with Crippen LogP contribution in [0, 0.1) is 6.92 Å². The van der Waals surface area contributed by atoms with Crippen LogP contribution in [0.3, 0.4) is 0 Å². The zero-order chi connectivity index (χ0) is 16.8. The Bertz CT molecular complexity index is 636. The van der Waals surface area contributed by atoms with E-state index in [2.05, 4.69) is 42.8 Å². The van der Waals surface area contributed by atoms with Crippen LogP contribution in [0.4, 0.5) is 0 Å². The van der Waals surface area contributed by atoms with Gasteiger partial charge in [-0.15, -0.1) is 11.3 Å². The Kier molecular flexibility index (Phi) is 6.72. The highest BCUT2D eigenvalue weighted by atomic mass is 32.1. The zero-order valence-corrected chi connectivity index (χ0v) is 14.9. The van der Waals surface area contributed by atoms with E-state index in [9.17, 15) is 5.11 Å². The predicted octanol–water partition coefficient (Wildman–Crippen LogP) is 5.48. The first-order chi connectivity index (χ1) is 10.5. The summed E-state index contributed by atoms with van der Waals surface area (Å²) in [5.74, 6) is 0. The Labute approximate surface area is 137 Å². The minimum Gasteiger partial charge on any atom is -0.378 e. The van der Waals surface area contributed by atoms with Crippen molar-refractivity contribution in [2.24, 2.45) is 0 Å². The molecule has 0 aliphatic heterocycles. The van der Waals surface area contributed by atoms with Crippen LogP contribution >= 0.6 is 11.3 Å². The lowest BCUT2D eigenvalue weighted by Gasteiger charge is -2.21. The molecule has 3 heteroatoms. The van der Waals surface area contributed by atoms with Gasteiger partial charge >= 0.3 is 0 Å². The van der Waals surface area contributed by atoms with Gasteiger partial charge in [-0.1, -0.05) is 62.4 Å². The summed E-state index contributed by atoms with van der Waals surface area (Å²) in [6, 6.07) is 8.30. The Balaban J connectivity index is 0.00000116. The molecule has 0 saturated heterocycles. The highest BCUT2D eigenvalue weighted by Gasteiger charge is 2.29. The maximum atomic E-state index is 10.7. The number of hydrogen-bond acceptors (Lipinski definition) is 3. The third-order valence-electron chi connectivity index (χ3n) is 3.35. The second-order valence-corrected chi connectivity index (χ2v) is 5.95. The van der Waals surface area contributed by atoms with Crippen molar-refractivity contribution in [2.75, 3.05) is 0 Å². The van der Waals surface area contributed by atoms with Crippen LogP contribution in [0.1, 0.15) is 38.3 Å². The van der Waals surface area contributed by atoms with E-state index >= 15 is 0 Å². The molecule has 0 aliphatic carbocycles. The molecule has 0 fully saturated rings. The molecule has 0 saturated carbocycles. The number of allylic oxidation sites excluding steroid dienone is 1. The Morgan fingerprint density at radius 2 is 1.86 bits per heavy atom. The number of aryl methyl sites for hydroxylation is 1. The van der Waals surface area contributed by atoms with E-state index in [0.29, 0.717) is 5.01 Å². The molecule has 1 atom stereocenters. The van der Waals surface area contributed by atoms with Crippen LogP contribution in [0.5, 0.6) is 0 Å². The summed E-state index contributed by atoms with van der Waals surface area (Å²) < 4.78 is 0. The fraction of sp³-hybridized carbons (Fsp3) is 0.316. The summed E-state index contributed by atoms with van der Waals surface area (Å²) >= 11 is 1.51. The molecule has 0 aliphatic rings. The molecule has 2 nitrogen and oxygen atoms in total. The topological polar surface area (TPSA) is 33.1 Å². The summed E-state index contributed by atoms with van der Waals surface area (Å²) in [5.41, 5.74) is 2.02. The molecule has 2 rings (SSSR count). The number of aliphatic hydroxyl groups is 1. The van der Waals surface area contributed by atoms with Crippen molar-refractivity contribution in [2.45, 2.75) is 40.2 Å². The van der Waals surface area contributed by atoms with Crippen molar-refractivity contribution >= 4 is 11.3 Å². The van der Waals surface area contributed by atoms with Crippen LogP contribution in [-0.2, 0) is 5.60 Å². The van der Waals surface area contributed by atoms with Gasteiger partial charge in [-0.3, -0.25) is 0 Å². The summed E-state index contributed by atoms with van der Waals surface area (Å²) in [4.78, 5) is 5.44. The van der Waals surface area contributed by atoms with Crippen molar-refractivity contribution < 1.29 is 5.11 Å². The Morgan fingerprint density at radius 3 is 2.36 bits per heavy atom. The molecular formula is C19H25NOS. The molecule has 2 aromatic rings. The van der Waals surface area contributed by atoms with Gasteiger partial charge in [0.1, 0.15) is 10.6 Å². The molecule has 118 valence electrons. The van der Waals surface area contributed by atoms with Crippen molar-refractivity contribution in [1.82, 2.24) is 4.98 Å². The van der Waals surface area contributed by atoms with Crippen LogP contribution in [0.25, 0.3) is 10.4 Å². The number of hydrogen-bond donors (Lipinski definition) is 1. The standard InChI is InChI=1S/C17H19NOS.C2H6/c1-5-14(6-2)17(4,19)16-18-11-15(20-16)13-9-7-12(3)8-10-13;1-2/h5-11,19H,1H2,2-4H3;1-2H3/b14-6+;. The maximum Gasteiger partial charge on any atom is 0.138 e. The monoisotopic (exact) mass is 315 g/mol. The number of nitrogens with zero attached hydrogens (tertiary/aromatic N) is 1. The largest absolute Gasteiger partial charge is 0.378 e. The quantitative estimate of drug-likeness (QED) is 0.757. The van der Waals surface area contributed by atoms with Crippen molar-refractivity contribution in [3.8, 4) is 10.4 Å². The van der Waals surface area contributed by atoms with Crippen molar-refractivity contribution in [1.29, 1.82) is 0 Å². The van der Waals surface area contributed by atoms with E-state index in [1.165, 1.54) is 16.9 Å². The van der Waals surface area contributed by atoms with Crippen LogP contribution in [0.15, 0.2) is 54.8 Å². The van der Waals surface area contributed by atoms with Crippen LogP contribution in [-0.4, -0.2) is 10.1 Å². The van der Waals surface area contributed by atoms with E-state index in [-0.39, 0.29) is 0 Å². The average Bonchev–Trinajstić information content (AvgIpc) is 3.02. The highest BCUT2D eigenvalue weighted by Crippen LogP contribution is 2.36. The van der Waals surface area contributed by atoms with Gasteiger partial charge in [0, 0.05) is 6.20 Å². The van der Waals surface area contributed by atoms with Gasteiger partial charge < -0.3 is 5.11 Å². The fourth-order valence-corrected chi connectivity index (χ4v) is 3.06. The summed E-state index contributed by atoms with van der Waals surface area (Å²) in [6.07, 6.45) is 5.35. The smallest absolute Gasteiger partial charge is 0.138 e. The van der Waals surface area contributed by atoms with Gasteiger partial charge in [-0.25, -0.2) is 4.98 Å². The molecular weight excluding hydrogens is 290 g/mol. The molecule has 1 aromatic heterocycles. The molecule has 22 heavy (non-hydrogen) atoms. The molecule has 1 heterocycles. The highest BCUT2D eigenvalue weighted by molar-refractivity contribution is 7.15. The van der Waals surface area contributed by atoms with Crippen molar-refractivity contribution in [3.05, 3.63) is 65.3 Å². The third kappa shape index (κ3) is 3.93. The predicted molar refractivity (Wildman–Crippen MR) is 97.2 cm³/mol.